The summed E-state index contributed by atoms with van der Waals surface area (Å²) < 4.78 is 25.6. The molecule has 0 radical (unpaired) electrons. The quantitative estimate of drug-likeness (QED) is 0.863. The van der Waals surface area contributed by atoms with E-state index in [1.807, 2.05) is 18.2 Å². The van der Waals surface area contributed by atoms with Crippen molar-refractivity contribution in [2.75, 3.05) is 5.32 Å². The molecular weight excluding hydrogens is 244 g/mol. The number of rotatable bonds is 3. The van der Waals surface area contributed by atoms with Gasteiger partial charge in [0.15, 0.2) is 11.6 Å². The van der Waals surface area contributed by atoms with Crippen LogP contribution in [0.1, 0.15) is 5.56 Å². The van der Waals surface area contributed by atoms with Gasteiger partial charge in [-0.3, -0.25) is 0 Å². The Balaban J connectivity index is 2.05. The van der Waals surface area contributed by atoms with Crippen LogP contribution in [0.3, 0.4) is 0 Å². The standard InChI is InChI=1S/C13H10ClF2N/c14-10-3-1-2-9(6-10)8-17-11-4-5-12(15)13(16)7-11/h1-7,17H,8H2. The molecule has 0 aromatic heterocycles. The first kappa shape index (κ1) is 11.9. The van der Waals surface area contributed by atoms with Crippen molar-refractivity contribution in [2.24, 2.45) is 0 Å². The molecule has 0 unspecified atom stereocenters. The van der Waals surface area contributed by atoms with Crippen molar-refractivity contribution >= 4 is 17.3 Å². The Kier molecular flexibility index (Phi) is 3.59. The average molecular weight is 254 g/mol. The second-order valence-corrected chi connectivity index (χ2v) is 4.05. The minimum absolute atomic E-state index is 0.506. The van der Waals surface area contributed by atoms with Crippen molar-refractivity contribution in [1.29, 1.82) is 0 Å². The van der Waals surface area contributed by atoms with Crippen molar-refractivity contribution in [3.63, 3.8) is 0 Å². The zero-order chi connectivity index (χ0) is 12.3. The maximum atomic E-state index is 12.9. The summed E-state index contributed by atoms with van der Waals surface area (Å²) in [5, 5.41) is 3.64. The van der Waals surface area contributed by atoms with Crippen LogP contribution in [0.2, 0.25) is 5.02 Å². The highest BCUT2D eigenvalue weighted by atomic mass is 35.5. The summed E-state index contributed by atoms with van der Waals surface area (Å²) in [5.41, 5.74) is 1.51. The Hall–Kier alpha value is -1.61. The van der Waals surface area contributed by atoms with Crippen molar-refractivity contribution in [1.82, 2.24) is 0 Å². The fourth-order valence-corrected chi connectivity index (χ4v) is 1.67. The number of hydrogen-bond acceptors (Lipinski definition) is 1. The molecule has 2 aromatic carbocycles. The minimum Gasteiger partial charge on any atom is -0.381 e. The molecule has 4 heteroatoms. The highest BCUT2D eigenvalue weighted by Crippen LogP contribution is 2.15. The number of halogens is 3. The number of nitrogens with one attached hydrogen (secondary N) is 1. The van der Waals surface area contributed by atoms with E-state index in [0.29, 0.717) is 17.3 Å². The second kappa shape index (κ2) is 5.15. The van der Waals surface area contributed by atoms with E-state index >= 15 is 0 Å². The van der Waals surface area contributed by atoms with Gasteiger partial charge in [-0.2, -0.15) is 0 Å². The van der Waals surface area contributed by atoms with Gasteiger partial charge in [0.1, 0.15) is 0 Å². The van der Waals surface area contributed by atoms with Crippen LogP contribution in [0.15, 0.2) is 42.5 Å². The van der Waals surface area contributed by atoms with Gasteiger partial charge in [-0.1, -0.05) is 23.7 Å². The van der Waals surface area contributed by atoms with E-state index < -0.39 is 11.6 Å². The average Bonchev–Trinajstić information content (AvgIpc) is 2.31. The molecule has 0 bridgehead atoms. The molecule has 2 aromatic rings. The van der Waals surface area contributed by atoms with Crippen LogP contribution >= 0.6 is 11.6 Å². The van der Waals surface area contributed by atoms with Crippen LogP contribution in [0, 0.1) is 11.6 Å². The molecule has 0 spiro atoms. The molecule has 0 saturated carbocycles. The highest BCUT2D eigenvalue weighted by molar-refractivity contribution is 6.30. The lowest BCUT2D eigenvalue weighted by Gasteiger charge is -2.07. The molecule has 0 fully saturated rings. The van der Waals surface area contributed by atoms with Crippen LogP contribution in [0.25, 0.3) is 0 Å². The Labute approximate surface area is 103 Å². The molecule has 0 aliphatic heterocycles. The van der Waals surface area contributed by atoms with Gasteiger partial charge in [-0.05, 0) is 29.8 Å². The smallest absolute Gasteiger partial charge is 0.160 e. The number of anilines is 1. The van der Waals surface area contributed by atoms with Gasteiger partial charge in [-0.25, -0.2) is 8.78 Å². The molecule has 17 heavy (non-hydrogen) atoms. The van der Waals surface area contributed by atoms with Crippen molar-refractivity contribution in [3.8, 4) is 0 Å². The van der Waals surface area contributed by atoms with Crippen LogP contribution in [-0.4, -0.2) is 0 Å². The Morgan fingerprint density at radius 1 is 1.00 bits per heavy atom. The first-order chi connectivity index (χ1) is 8.15. The summed E-state index contributed by atoms with van der Waals surface area (Å²) in [4.78, 5) is 0. The van der Waals surface area contributed by atoms with Gasteiger partial charge in [0, 0.05) is 23.3 Å². The summed E-state index contributed by atoms with van der Waals surface area (Å²) in [6, 6.07) is 11.0. The van der Waals surface area contributed by atoms with Gasteiger partial charge in [0.05, 0.1) is 0 Å². The van der Waals surface area contributed by atoms with Crippen molar-refractivity contribution in [3.05, 3.63) is 64.7 Å². The fourth-order valence-electron chi connectivity index (χ4n) is 1.46. The van der Waals surface area contributed by atoms with Gasteiger partial charge in [-0.15, -0.1) is 0 Å². The molecule has 0 saturated heterocycles. The van der Waals surface area contributed by atoms with E-state index in [2.05, 4.69) is 5.32 Å². The lowest BCUT2D eigenvalue weighted by molar-refractivity contribution is 0.509. The molecule has 0 atom stereocenters. The largest absolute Gasteiger partial charge is 0.381 e. The maximum absolute atomic E-state index is 12.9. The summed E-state index contributed by atoms with van der Waals surface area (Å²) in [6.07, 6.45) is 0. The maximum Gasteiger partial charge on any atom is 0.160 e. The zero-order valence-electron chi connectivity index (χ0n) is 8.88. The molecule has 0 aliphatic rings. The minimum atomic E-state index is -0.860. The number of hydrogen-bond donors (Lipinski definition) is 1. The fraction of sp³-hybridized carbons (Fsp3) is 0.0769. The topological polar surface area (TPSA) is 12.0 Å². The normalized spacial score (nSPS) is 10.3. The molecule has 0 amide bonds. The SMILES string of the molecule is Fc1ccc(NCc2cccc(Cl)c2)cc1F. The first-order valence-electron chi connectivity index (χ1n) is 5.08. The van der Waals surface area contributed by atoms with Gasteiger partial charge in [0.2, 0.25) is 0 Å². The summed E-state index contributed by atoms with van der Waals surface area (Å²) in [6.45, 7) is 0.506. The molecule has 1 N–H and O–H groups in total. The molecule has 0 heterocycles. The lowest BCUT2D eigenvalue weighted by atomic mass is 10.2. The van der Waals surface area contributed by atoms with Crippen molar-refractivity contribution < 1.29 is 8.78 Å². The lowest BCUT2D eigenvalue weighted by Crippen LogP contribution is -2.00. The third-order valence-corrected chi connectivity index (χ3v) is 2.54. The Morgan fingerprint density at radius 3 is 2.53 bits per heavy atom. The van der Waals surface area contributed by atoms with Crippen LogP contribution in [0.5, 0.6) is 0 Å². The van der Waals surface area contributed by atoms with Gasteiger partial charge >= 0.3 is 0 Å². The highest BCUT2D eigenvalue weighted by Gasteiger charge is 2.02. The first-order valence-corrected chi connectivity index (χ1v) is 5.46. The van der Waals surface area contributed by atoms with E-state index in [0.717, 1.165) is 17.7 Å². The van der Waals surface area contributed by atoms with Crippen LogP contribution < -0.4 is 5.32 Å². The predicted molar refractivity (Wildman–Crippen MR) is 65.1 cm³/mol. The van der Waals surface area contributed by atoms with E-state index in [9.17, 15) is 8.78 Å². The monoisotopic (exact) mass is 253 g/mol. The zero-order valence-corrected chi connectivity index (χ0v) is 9.64. The third-order valence-electron chi connectivity index (χ3n) is 2.31. The van der Waals surface area contributed by atoms with E-state index in [4.69, 9.17) is 11.6 Å². The Morgan fingerprint density at radius 2 is 1.82 bits per heavy atom. The molecular formula is C13H10ClF2N. The van der Waals surface area contributed by atoms with Gasteiger partial charge < -0.3 is 5.32 Å². The Bertz CT molecular complexity index is 529. The van der Waals surface area contributed by atoms with E-state index in [1.165, 1.54) is 6.07 Å². The summed E-state index contributed by atoms with van der Waals surface area (Å²) in [7, 11) is 0. The van der Waals surface area contributed by atoms with Crippen LogP contribution in [0.4, 0.5) is 14.5 Å². The number of benzene rings is 2. The molecule has 88 valence electrons. The van der Waals surface area contributed by atoms with Crippen molar-refractivity contribution in [2.45, 2.75) is 6.54 Å². The van der Waals surface area contributed by atoms with E-state index in [-0.39, 0.29) is 0 Å². The predicted octanol–water partition coefficient (Wildman–Crippen LogP) is 4.23. The summed E-state index contributed by atoms with van der Waals surface area (Å²) in [5.74, 6) is -1.71. The molecule has 1 nitrogen and oxygen atoms in total. The van der Waals surface area contributed by atoms with Crippen LogP contribution in [-0.2, 0) is 6.54 Å². The summed E-state index contributed by atoms with van der Waals surface area (Å²) >= 11 is 5.84. The second-order valence-electron chi connectivity index (χ2n) is 3.61. The third kappa shape index (κ3) is 3.17. The van der Waals surface area contributed by atoms with E-state index in [1.54, 1.807) is 6.07 Å². The molecule has 2 rings (SSSR count). The van der Waals surface area contributed by atoms with Gasteiger partial charge in [0.25, 0.3) is 0 Å². The molecule has 0 aliphatic carbocycles.